The van der Waals surface area contributed by atoms with Gasteiger partial charge in [0.2, 0.25) is 0 Å². The van der Waals surface area contributed by atoms with Crippen molar-refractivity contribution in [3.8, 4) is 6.01 Å². The molecule has 6 nitrogen and oxygen atoms in total. The lowest BCUT2D eigenvalue weighted by molar-refractivity contribution is 0.253. The van der Waals surface area contributed by atoms with E-state index in [1.165, 1.54) is 5.69 Å². The van der Waals surface area contributed by atoms with Crippen molar-refractivity contribution in [3.05, 3.63) is 23.9 Å². The van der Waals surface area contributed by atoms with Gasteiger partial charge in [-0.15, -0.1) is 0 Å². The summed E-state index contributed by atoms with van der Waals surface area (Å²) in [5, 5.41) is 1.08. The third-order valence-corrected chi connectivity index (χ3v) is 4.39. The molecule has 3 heterocycles. The van der Waals surface area contributed by atoms with Gasteiger partial charge in [0.05, 0.1) is 12.6 Å². The van der Waals surface area contributed by atoms with E-state index in [4.69, 9.17) is 9.57 Å². The number of fused-ring (bicyclic) bond motifs is 1. The van der Waals surface area contributed by atoms with Crippen molar-refractivity contribution in [2.24, 2.45) is 0 Å². The quantitative estimate of drug-likeness (QED) is 0.859. The first-order chi connectivity index (χ1) is 11.2. The van der Waals surface area contributed by atoms with E-state index >= 15 is 0 Å². The maximum Gasteiger partial charge on any atom is 0.316 e. The highest BCUT2D eigenvalue weighted by atomic mass is 16.8. The number of benzene rings is 1. The fourth-order valence-corrected chi connectivity index (χ4v) is 2.99. The molecule has 0 unspecified atom stereocenters. The van der Waals surface area contributed by atoms with Gasteiger partial charge in [-0.05, 0) is 18.6 Å². The van der Waals surface area contributed by atoms with Crippen LogP contribution in [0.25, 0.3) is 10.9 Å². The third kappa shape index (κ3) is 2.96. The largest absolute Gasteiger partial charge is 0.467 e. The average molecular weight is 316 g/mol. The fourth-order valence-electron chi connectivity index (χ4n) is 2.99. The maximum atomic E-state index is 5.34. The molecular formula is C17H24N4O2. The van der Waals surface area contributed by atoms with E-state index in [-0.39, 0.29) is 5.72 Å². The lowest BCUT2D eigenvalue weighted by Crippen LogP contribution is -2.39. The molecule has 2 aliphatic heterocycles. The fraction of sp³-hybridized carbons (Fsp3) is 0.529. The molecule has 1 aromatic carbocycles. The minimum Gasteiger partial charge on any atom is -0.467 e. The Morgan fingerprint density at radius 1 is 1.26 bits per heavy atom. The van der Waals surface area contributed by atoms with E-state index in [9.17, 15) is 0 Å². The van der Waals surface area contributed by atoms with Crippen molar-refractivity contribution < 1.29 is 9.57 Å². The second-order valence-electron chi connectivity index (χ2n) is 5.71. The highest BCUT2D eigenvalue weighted by Crippen LogP contribution is 2.36. The molecule has 0 radical (unpaired) electrons. The number of piperidine rings is 1. The molecule has 0 amide bonds. The zero-order valence-corrected chi connectivity index (χ0v) is 14.2. The van der Waals surface area contributed by atoms with Gasteiger partial charge in [-0.1, -0.05) is 19.9 Å². The molecule has 2 saturated heterocycles. The molecule has 2 aromatic rings. The Labute approximate surface area is 136 Å². The molecule has 2 fully saturated rings. The summed E-state index contributed by atoms with van der Waals surface area (Å²) in [6.07, 6.45) is 3.86. The zero-order valence-electron chi connectivity index (χ0n) is 14.2. The van der Waals surface area contributed by atoms with E-state index in [1.54, 1.807) is 7.11 Å². The number of hydrogen-bond donors (Lipinski definition) is 1. The lowest BCUT2D eigenvalue weighted by atomic mass is 10.0. The summed E-state index contributed by atoms with van der Waals surface area (Å²) < 4.78 is 5.14. The van der Waals surface area contributed by atoms with Crippen LogP contribution in [0.2, 0.25) is 0 Å². The van der Waals surface area contributed by atoms with Crippen LogP contribution in [0.4, 0.5) is 5.69 Å². The lowest BCUT2D eigenvalue weighted by Gasteiger charge is -2.32. The van der Waals surface area contributed by atoms with Crippen LogP contribution in [0.15, 0.2) is 18.3 Å². The second-order valence-corrected chi connectivity index (χ2v) is 5.71. The van der Waals surface area contributed by atoms with Crippen molar-refractivity contribution in [1.82, 2.24) is 15.4 Å². The molecule has 0 saturated carbocycles. The SMILES string of the molecule is CC.COc1ncc2c(N3CCC4(CC3)NO4)ccc(C)c2n1. The van der Waals surface area contributed by atoms with Gasteiger partial charge in [-0.2, -0.15) is 10.5 Å². The normalized spacial score (nSPS) is 18.5. The molecule has 2 aliphatic rings. The molecule has 1 spiro atoms. The van der Waals surface area contributed by atoms with E-state index in [2.05, 4.69) is 39.4 Å². The summed E-state index contributed by atoms with van der Waals surface area (Å²) in [6.45, 7) is 8.00. The number of hydrogen-bond acceptors (Lipinski definition) is 6. The minimum absolute atomic E-state index is 0.0449. The Morgan fingerprint density at radius 2 is 1.96 bits per heavy atom. The first-order valence-corrected chi connectivity index (χ1v) is 8.21. The number of nitrogens with one attached hydrogen (secondary N) is 1. The molecular weight excluding hydrogens is 292 g/mol. The van der Waals surface area contributed by atoms with Crippen molar-refractivity contribution in [1.29, 1.82) is 0 Å². The van der Waals surface area contributed by atoms with Gasteiger partial charge in [-0.3, -0.25) is 4.84 Å². The van der Waals surface area contributed by atoms with E-state index < -0.39 is 0 Å². The molecule has 1 N–H and O–H groups in total. The molecule has 1 aromatic heterocycles. The molecule has 124 valence electrons. The van der Waals surface area contributed by atoms with Crippen LogP contribution in [-0.4, -0.2) is 35.9 Å². The second kappa shape index (κ2) is 6.29. The standard InChI is InChI=1S/C15H18N4O2.C2H6/c1-10-3-4-12(11-9-16-14(20-2)17-13(10)11)19-7-5-15(6-8-19)18-21-15;1-2/h3-4,9,18H,5-8H2,1-2H3;1-2H3. The van der Waals surface area contributed by atoms with E-state index in [0.29, 0.717) is 6.01 Å². The number of hydroxylamine groups is 1. The van der Waals surface area contributed by atoms with Gasteiger partial charge < -0.3 is 9.64 Å². The summed E-state index contributed by atoms with van der Waals surface area (Å²) in [4.78, 5) is 16.5. The van der Waals surface area contributed by atoms with Crippen molar-refractivity contribution in [2.45, 2.75) is 39.3 Å². The first kappa shape index (κ1) is 16.0. The van der Waals surface area contributed by atoms with Crippen LogP contribution < -0.4 is 15.1 Å². The highest BCUT2D eigenvalue weighted by molar-refractivity contribution is 5.93. The smallest absolute Gasteiger partial charge is 0.316 e. The van der Waals surface area contributed by atoms with Crippen LogP contribution >= 0.6 is 0 Å². The Kier molecular flexibility index (Phi) is 4.37. The van der Waals surface area contributed by atoms with Gasteiger partial charge >= 0.3 is 6.01 Å². The van der Waals surface area contributed by atoms with Crippen molar-refractivity contribution in [3.63, 3.8) is 0 Å². The van der Waals surface area contributed by atoms with Gasteiger partial charge in [-0.25, -0.2) is 4.98 Å². The van der Waals surface area contributed by atoms with E-state index in [1.807, 2.05) is 20.0 Å². The Bertz CT molecular complexity index is 690. The molecule has 4 rings (SSSR count). The average Bonchev–Trinajstić information content (AvgIpc) is 3.37. The minimum atomic E-state index is -0.0449. The number of ether oxygens (including phenoxy) is 1. The number of nitrogens with zero attached hydrogens (tertiary/aromatic N) is 3. The highest BCUT2D eigenvalue weighted by Gasteiger charge is 2.47. The number of rotatable bonds is 2. The van der Waals surface area contributed by atoms with Gasteiger partial charge in [0.25, 0.3) is 0 Å². The Balaban J connectivity index is 0.000000753. The van der Waals surface area contributed by atoms with Crippen LogP contribution in [0.3, 0.4) is 0 Å². The molecule has 0 atom stereocenters. The summed E-state index contributed by atoms with van der Waals surface area (Å²) in [6, 6.07) is 4.68. The molecule has 23 heavy (non-hydrogen) atoms. The zero-order chi connectivity index (χ0) is 16.4. The first-order valence-electron chi connectivity index (χ1n) is 8.21. The van der Waals surface area contributed by atoms with Crippen LogP contribution in [-0.2, 0) is 4.84 Å². The van der Waals surface area contributed by atoms with Crippen LogP contribution in [0.1, 0.15) is 32.3 Å². The number of anilines is 1. The third-order valence-electron chi connectivity index (χ3n) is 4.39. The van der Waals surface area contributed by atoms with Crippen molar-refractivity contribution in [2.75, 3.05) is 25.1 Å². The van der Waals surface area contributed by atoms with Crippen molar-refractivity contribution >= 4 is 16.6 Å². The molecule has 0 bridgehead atoms. The number of aryl methyl sites for hydroxylation is 1. The maximum absolute atomic E-state index is 5.34. The number of methoxy groups -OCH3 is 1. The molecule has 0 aliphatic carbocycles. The van der Waals surface area contributed by atoms with Gasteiger partial charge in [0.15, 0.2) is 5.72 Å². The summed E-state index contributed by atoms with van der Waals surface area (Å²) in [5.74, 6) is 0. The Morgan fingerprint density at radius 3 is 2.57 bits per heavy atom. The summed E-state index contributed by atoms with van der Waals surface area (Å²) in [5.41, 5.74) is 6.25. The van der Waals surface area contributed by atoms with E-state index in [0.717, 1.165) is 42.4 Å². The topological polar surface area (TPSA) is 72.7 Å². The Hall–Kier alpha value is -1.92. The van der Waals surface area contributed by atoms with Crippen LogP contribution in [0, 0.1) is 6.92 Å². The van der Waals surface area contributed by atoms with Gasteiger partial charge in [0.1, 0.15) is 0 Å². The van der Waals surface area contributed by atoms with Crippen LogP contribution in [0.5, 0.6) is 6.01 Å². The monoisotopic (exact) mass is 316 g/mol. The predicted octanol–water partition coefficient (Wildman–Crippen LogP) is 2.80. The molecule has 6 heteroatoms. The summed E-state index contributed by atoms with van der Waals surface area (Å²) in [7, 11) is 1.59. The number of aromatic nitrogens is 2. The predicted molar refractivity (Wildman–Crippen MR) is 90.6 cm³/mol. The van der Waals surface area contributed by atoms with Gasteiger partial charge in [0, 0.05) is 43.2 Å². The summed E-state index contributed by atoms with van der Waals surface area (Å²) >= 11 is 0.